The summed E-state index contributed by atoms with van der Waals surface area (Å²) < 4.78 is 22.1. The molecule has 3 unspecified atom stereocenters. The van der Waals surface area contributed by atoms with Gasteiger partial charge in [0.05, 0.1) is 25.4 Å². The number of amides is 1. The van der Waals surface area contributed by atoms with E-state index in [1.165, 1.54) is 109 Å². The van der Waals surface area contributed by atoms with Crippen molar-refractivity contribution in [2.24, 2.45) is 5.73 Å². The van der Waals surface area contributed by atoms with Gasteiger partial charge in [-0.25, -0.2) is 4.57 Å². The van der Waals surface area contributed by atoms with Gasteiger partial charge in [0.2, 0.25) is 5.91 Å². The fourth-order valence-corrected chi connectivity index (χ4v) is 6.84. The number of phosphoric acid groups is 1. The highest BCUT2D eigenvalue weighted by Gasteiger charge is 2.26. The van der Waals surface area contributed by atoms with Crippen molar-refractivity contribution in [2.75, 3.05) is 19.8 Å². The predicted octanol–water partition coefficient (Wildman–Crippen LogP) is 12.1. The van der Waals surface area contributed by atoms with Crippen LogP contribution in [0.25, 0.3) is 0 Å². The van der Waals surface area contributed by atoms with Crippen LogP contribution in [0.3, 0.4) is 0 Å². The summed E-state index contributed by atoms with van der Waals surface area (Å²) in [4.78, 5) is 22.7. The minimum Gasteiger partial charge on any atom is -0.387 e. The number of rotatable bonds is 40. The van der Waals surface area contributed by atoms with Crippen molar-refractivity contribution in [1.29, 1.82) is 0 Å². The van der Waals surface area contributed by atoms with E-state index < -0.39 is 20.0 Å². The van der Waals surface area contributed by atoms with Gasteiger partial charge in [-0.3, -0.25) is 13.8 Å². The van der Waals surface area contributed by atoms with Gasteiger partial charge in [-0.05, 0) is 57.8 Å². The van der Waals surface area contributed by atoms with Gasteiger partial charge in [0, 0.05) is 13.0 Å². The molecule has 0 rings (SSSR count). The number of aliphatic hydroxyl groups excluding tert-OH is 1. The van der Waals surface area contributed by atoms with Crippen LogP contribution in [-0.4, -0.2) is 47.8 Å². The van der Waals surface area contributed by atoms with Crippen molar-refractivity contribution in [3.63, 3.8) is 0 Å². The number of phosphoric ester groups is 1. The number of hydrogen-bond donors (Lipinski definition) is 4. The van der Waals surface area contributed by atoms with E-state index in [-0.39, 0.29) is 25.7 Å². The Hall–Kier alpha value is -1.54. The van der Waals surface area contributed by atoms with Crippen molar-refractivity contribution >= 4 is 13.7 Å². The number of carbonyl (C=O) groups is 1. The number of hydrogen-bond acceptors (Lipinski definition) is 6. The monoisotopic (exact) mass is 767 g/mol. The van der Waals surface area contributed by atoms with Crippen LogP contribution in [0.4, 0.5) is 0 Å². The highest BCUT2D eigenvalue weighted by Crippen LogP contribution is 2.43. The number of carbonyl (C=O) groups excluding carboxylic acids is 1. The molecule has 0 aromatic heterocycles. The maximum absolute atomic E-state index is 12.7. The summed E-state index contributed by atoms with van der Waals surface area (Å²) in [6.07, 6.45) is 48.7. The predicted molar refractivity (Wildman–Crippen MR) is 226 cm³/mol. The average molecular weight is 767 g/mol. The van der Waals surface area contributed by atoms with E-state index in [9.17, 15) is 19.4 Å². The van der Waals surface area contributed by atoms with E-state index in [4.69, 9.17) is 14.8 Å². The molecular weight excluding hydrogens is 683 g/mol. The molecule has 310 valence electrons. The van der Waals surface area contributed by atoms with Gasteiger partial charge in [0.15, 0.2) is 0 Å². The molecule has 0 fully saturated rings. The molecule has 0 aromatic carbocycles. The first-order valence-electron chi connectivity index (χ1n) is 21.8. The van der Waals surface area contributed by atoms with Crippen LogP contribution >= 0.6 is 7.82 Å². The Bertz CT molecular complexity index is 970. The highest BCUT2D eigenvalue weighted by molar-refractivity contribution is 7.47. The summed E-state index contributed by atoms with van der Waals surface area (Å²) in [5.74, 6) is -0.208. The summed E-state index contributed by atoms with van der Waals surface area (Å²) in [6, 6.07) is -0.867. The second kappa shape index (κ2) is 40.1. The third kappa shape index (κ3) is 38.5. The Balaban J connectivity index is 4.23. The van der Waals surface area contributed by atoms with Crippen molar-refractivity contribution in [3.8, 4) is 0 Å². The quantitative estimate of drug-likeness (QED) is 0.0277. The zero-order valence-electron chi connectivity index (χ0n) is 34.2. The number of nitrogens with two attached hydrogens (primary N) is 1. The first-order chi connectivity index (χ1) is 25.9. The molecule has 0 aliphatic heterocycles. The zero-order valence-corrected chi connectivity index (χ0v) is 35.1. The smallest absolute Gasteiger partial charge is 0.387 e. The fourth-order valence-electron chi connectivity index (χ4n) is 6.08. The largest absolute Gasteiger partial charge is 0.472 e. The second-order valence-corrected chi connectivity index (χ2v) is 16.0. The molecular formula is C44H83N2O6P. The number of nitrogens with one attached hydrogen (secondary N) is 1. The van der Waals surface area contributed by atoms with E-state index in [2.05, 4.69) is 55.6 Å². The van der Waals surface area contributed by atoms with Gasteiger partial charge in [-0.1, -0.05) is 178 Å². The lowest BCUT2D eigenvalue weighted by Gasteiger charge is -2.23. The van der Waals surface area contributed by atoms with Gasteiger partial charge in [0.25, 0.3) is 0 Å². The number of aliphatic hydroxyl groups is 1. The average Bonchev–Trinajstić information content (AvgIpc) is 3.14. The lowest BCUT2D eigenvalue weighted by Crippen LogP contribution is -2.45. The minimum atomic E-state index is -4.34. The fraction of sp³-hybridized carbons (Fsp3) is 0.795. The molecule has 0 heterocycles. The summed E-state index contributed by atoms with van der Waals surface area (Å²) in [5, 5.41) is 13.6. The molecule has 1 amide bonds. The molecule has 8 nitrogen and oxygen atoms in total. The first kappa shape index (κ1) is 51.5. The molecule has 9 heteroatoms. The van der Waals surface area contributed by atoms with Gasteiger partial charge in [-0.15, -0.1) is 0 Å². The first-order valence-corrected chi connectivity index (χ1v) is 23.3. The second-order valence-electron chi connectivity index (χ2n) is 14.6. The van der Waals surface area contributed by atoms with E-state index in [0.717, 1.165) is 64.2 Å². The molecule has 0 aromatic rings. The summed E-state index contributed by atoms with van der Waals surface area (Å²) >= 11 is 0. The third-order valence-electron chi connectivity index (χ3n) is 9.40. The molecule has 0 aliphatic rings. The van der Waals surface area contributed by atoms with Crippen LogP contribution in [0.1, 0.15) is 194 Å². The molecule has 5 N–H and O–H groups in total. The van der Waals surface area contributed by atoms with E-state index in [1.54, 1.807) is 6.08 Å². The molecule has 0 spiro atoms. The van der Waals surface area contributed by atoms with Crippen LogP contribution in [0.2, 0.25) is 0 Å². The Kier molecular flexibility index (Phi) is 39.0. The SMILES string of the molecule is CCCCCCC/C=C\C/C=C\C/C=C\CCCCCCCCC(=O)NC(COP(=O)(O)OCCN)C(O)/C=C/CCCCCCCCCCCCC. The van der Waals surface area contributed by atoms with Crippen LogP contribution in [-0.2, 0) is 18.4 Å². The Morgan fingerprint density at radius 2 is 1.04 bits per heavy atom. The van der Waals surface area contributed by atoms with Gasteiger partial charge in [-0.2, -0.15) is 0 Å². The summed E-state index contributed by atoms with van der Waals surface area (Å²) in [6.45, 7) is 4.10. The Morgan fingerprint density at radius 1 is 0.623 bits per heavy atom. The van der Waals surface area contributed by atoms with E-state index >= 15 is 0 Å². The van der Waals surface area contributed by atoms with Crippen molar-refractivity contribution in [1.82, 2.24) is 5.32 Å². The minimum absolute atomic E-state index is 0.0746. The Morgan fingerprint density at radius 3 is 1.51 bits per heavy atom. The molecule has 0 saturated carbocycles. The topological polar surface area (TPSA) is 131 Å². The van der Waals surface area contributed by atoms with Crippen molar-refractivity contribution in [3.05, 3.63) is 48.6 Å². The normalized spacial score (nSPS) is 14.6. The van der Waals surface area contributed by atoms with Gasteiger partial charge in [0.1, 0.15) is 0 Å². The van der Waals surface area contributed by atoms with Crippen LogP contribution in [0.5, 0.6) is 0 Å². The van der Waals surface area contributed by atoms with Crippen LogP contribution in [0, 0.1) is 0 Å². The summed E-state index contributed by atoms with van der Waals surface area (Å²) in [7, 11) is -4.34. The maximum Gasteiger partial charge on any atom is 0.472 e. The zero-order chi connectivity index (χ0) is 38.9. The molecule has 0 bridgehead atoms. The van der Waals surface area contributed by atoms with Crippen molar-refractivity contribution < 1.29 is 28.4 Å². The van der Waals surface area contributed by atoms with E-state index in [1.807, 2.05) is 6.08 Å². The van der Waals surface area contributed by atoms with Crippen LogP contribution in [0.15, 0.2) is 48.6 Å². The van der Waals surface area contributed by atoms with Gasteiger partial charge >= 0.3 is 7.82 Å². The molecule has 0 radical (unpaired) electrons. The number of unbranched alkanes of at least 4 members (excludes halogenated alkanes) is 22. The van der Waals surface area contributed by atoms with Gasteiger partial charge < -0.3 is 21.1 Å². The lowest BCUT2D eigenvalue weighted by molar-refractivity contribution is -0.123. The highest BCUT2D eigenvalue weighted by atomic mass is 31.2. The lowest BCUT2D eigenvalue weighted by atomic mass is 10.0. The Labute approximate surface area is 326 Å². The summed E-state index contributed by atoms with van der Waals surface area (Å²) in [5.41, 5.74) is 5.37. The molecule has 53 heavy (non-hydrogen) atoms. The van der Waals surface area contributed by atoms with Crippen LogP contribution < -0.4 is 11.1 Å². The molecule has 0 aliphatic carbocycles. The number of allylic oxidation sites excluding steroid dienone is 7. The van der Waals surface area contributed by atoms with Crippen molar-refractivity contribution in [2.45, 2.75) is 206 Å². The molecule has 3 atom stereocenters. The molecule has 0 saturated heterocycles. The van der Waals surface area contributed by atoms with E-state index in [0.29, 0.717) is 6.42 Å². The third-order valence-corrected chi connectivity index (χ3v) is 10.4. The maximum atomic E-state index is 12.7. The standard InChI is InChI=1S/C44H83N2O6P/c1-3-5-7-9-11-13-15-17-18-19-20-21-22-23-24-26-28-30-32-34-36-38-44(48)46-42(41-52-53(49,50)51-40-39-45)43(47)37-35-33-31-29-27-25-16-14-12-10-8-6-4-2/h15,17,19-20,22-23,35,37,42-43,47H,3-14,16,18,21,24-34,36,38-41,45H2,1-2H3,(H,46,48)(H,49,50)/b17-15-,20-19-,23-22-,37-35+.